The van der Waals surface area contributed by atoms with Crippen molar-refractivity contribution >= 4 is 17.6 Å². The van der Waals surface area contributed by atoms with E-state index >= 15 is 0 Å². The van der Waals surface area contributed by atoms with Gasteiger partial charge in [-0.1, -0.05) is 54.6 Å². The third-order valence-corrected chi connectivity index (χ3v) is 5.02. The fourth-order valence-corrected chi connectivity index (χ4v) is 3.75. The second kappa shape index (κ2) is 6.77. The molecule has 0 bridgehead atoms. The third kappa shape index (κ3) is 2.70. The largest absolute Gasteiger partial charge is 0.332 e. The number of amides is 3. The second-order valence-electron chi connectivity index (χ2n) is 6.60. The molecule has 4 rings (SSSR count). The zero-order valence-corrected chi connectivity index (χ0v) is 14.5. The van der Waals surface area contributed by atoms with Crippen molar-refractivity contribution in [3.05, 3.63) is 67.3 Å². The minimum Gasteiger partial charge on any atom is -0.309 e. The lowest BCUT2D eigenvalue weighted by Crippen LogP contribution is -2.52. The molecule has 5 nitrogen and oxygen atoms in total. The van der Waals surface area contributed by atoms with Crippen molar-refractivity contribution in [2.75, 3.05) is 31.1 Å². The van der Waals surface area contributed by atoms with Crippen LogP contribution < -0.4 is 4.90 Å². The summed E-state index contributed by atoms with van der Waals surface area (Å²) in [6.45, 7) is 6.37. The first kappa shape index (κ1) is 16.5. The zero-order valence-electron chi connectivity index (χ0n) is 14.5. The Labute approximate surface area is 153 Å². The third-order valence-electron chi connectivity index (χ3n) is 5.02. The highest BCUT2D eigenvalue weighted by atomic mass is 16.2. The monoisotopic (exact) mass is 347 g/mol. The molecule has 0 saturated carbocycles. The molecule has 5 heteroatoms. The SMILES string of the molecule is C=CCN1CCN2C(=O)N(c3ccccc3-c3ccccc3)C(=O)C2C1. The first-order valence-corrected chi connectivity index (χ1v) is 8.83. The molecule has 26 heavy (non-hydrogen) atoms. The van der Waals surface area contributed by atoms with Crippen molar-refractivity contribution in [2.45, 2.75) is 6.04 Å². The van der Waals surface area contributed by atoms with Gasteiger partial charge in [0.1, 0.15) is 6.04 Å². The smallest absolute Gasteiger partial charge is 0.309 e. The van der Waals surface area contributed by atoms with E-state index in [0.29, 0.717) is 18.8 Å². The number of carbonyl (C=O) groups excluding carboxylic acids is 2. The van der Waals surface area contributed by atoms with Gasteiger partial charge >= 0.3 is 6.03 Å². The van der Waals surface area contributed by atoms with Crippen LogP contribution in [0.1, 0.15) is 0 Å². The van der Waals surface area contributed by atoms with Gasteiger partial charge in [-0.25, -0.2) is 9.69 Å². The van der Waals surface area contributed by atoms with E-state index in [2.05, 4.69) is 11.5 Å². The van der Waals surface area contributed by atoms with Gasteiger partial charge in [0.05, 0.1) is 5.69 Å². The average molecular weight is 347 g/mol. The van der Waals surface area contributed by atoms with Crippen LogP contribution in [0.4, 0.5) is 10.5 Å². The van der Waals surface area contributed by atoms with E-state index in [4.69, 9.17) is 0 Å². The summed E-state index contributed by atoms with van der Waals surface area (Å²) < 4.78 is 0. The quantitative estimate of drug-likeness (QED) is 0.631. The minimum absolute atomic E-state index is 0.146. The van der Waals surface area contributed by atoms with Crippen LogP contribution in [0.15, 0.2) is 67.3 Å². The second-order valence-corrected chi connectivity index (χ2v) is 6.60. The molecule has 2 heterocycles. The highest BCUT2D eigenvalue weighted by Gasteiger charge is 2.48. The summed E-state index contributed by atoms with van der Waals surface area (Å²) in [4.78, 5) is 31.3. The molecule has 0 aliphatic carbocycles. The van der Waals surface area contributed by atoms with Gasteiger partial charge in [0.25, 0.3) is 5.91 Å². The van der Waals surface area contributed by atoms with E-state index in [0.717, 1.165) is 24.2 Å². The molecule has 2 fully saturated rings. The standard InChI is InChI=1S/C21H21N3O2/c1-2-12-22-13-14-23-19(15-22)20(25)24(21(23)26)18-11-7-6-10-17(18)16-8-4-3-5-9-16/h2-11,19H,1,12-15H2. The van der Waals surface area contributed by atoms with Gasteiger partial charge in [-0.2, -0.15) is 0 Å². The van der Waals surface area contributed by atoms with Gasteiger partial charge in [-0.05, 0) is 11.6 Å². The number of imide groups is 1. The number of hydrogen-bond acceptors (Lipinski definition) is 3. The van der Waals surface area contributed by atoms with E-state index in [1.54, 1.807) is 4.90 Å². The number of benzene rings is 2. The molecule has 0 N–H and O–H groups in total. The molecule has 2 aliphatic heterocycles. The van der Waals surface area contributed by atoms with Gasteiger partial charge < -0.3 is 4.90 Å². The van der Waals surface area contributed by atoms with Crippen LogP contribution in [0, 0.1) is 0 Å². The molecule has 0 aromatic heterocycles. The van der Waals surface area contributed by atoms with Gasteiger partial charge in [0.2, 0.25) is 0 Å². The Balaban J connectivity index is 1.70. The van der Waals surface area contributed by atoms with E-state index in [1.807, 2.05) is 60.7 Å². The number of rotatable bonds is 4. The average Bonchev–Trinajstić information content (AvgIpc) is 2.93. The van der Waals surface area contributed by atoms with E-state index in [9.17, 15) is 9.59 Å². The summed E-state index contributed by atoms with van der Waals surface area (Å²) in [7, 11) is 0. The highest BCUT2D eigenvalue weighted by molar-refractivity contribution is 6.23. The van der Waals surface area contributed by atoms with Crippen molar-refractivity contribution in [1.82, 2.24) is 9.80 Å². The molecular formula is C21H21N3O2. The van der Waals surface area contributed by atoms with Gasteiger partial charge in [0, 0.05) is 31.7 Å². The molecule has 1 unspecified atom stereocenters. The summed E-state index contributed by atoms with van der Waals surface area (Å²) in [5.74, 6) is -0.146. The summed E-state index contributed by atoms with van der Waals surface area (Å²) in [5, 5.41) is 0. The lowest BCUT2D eigenvalue weighted by Gasteiger charge is -2.34. The maximum atomic E-state index is 13.1. The maximum absolute atomic E-state index is 13.1. The van der Waals surface area contributed by atoms with Crippen molar-refractivity contribution < 1.29 is 9.59 Å². The van der Waals surface area contributed by atoms with Crippen LogP contribution in [0.25, 0.3) is 11.1 Å². The van der Waals surface area contributed by atoms with Gasteiger partial charge in [-0.15, -0.1) is 6.58 Å². The minimum atomic E-state index is -0.417. The summed E-state index contributed by atoms with van der Waals surface area (Å²) >= 11 is 0. The number of carbonyl (C=O) groups is 2. The summed E-state index contributed by atoms with van der Waals surface area (Å²) in [6, 6.07) is 16.8. The van der Waals surface area contributed by atoms with Gasteiger partial charge in [-0.3, -0.25) is 9.69 Å². The van der Waals surface area contributed by atoms with Crippen LogP contribution in [-0.2, 0) is 4.79 Å². The molecule has 2 aliphatic rings. The van der Waals surface area contributed by atoms with Crippen molar-refractivity contribution in [3.8, 4) is 11.1 Å². The summed E-state index contributed by atoms with van der Waals surface area (Å²) in [5.41, 5.74) is 2.53. The molecular weight excluding hydrogens is 326 g/mol. The van der Waals surface area contributed by atoms with Crippen LogP contribution in [-0.4, -0.2) is 54.0 Å². The Morgan fingerprint density at radius 2 is 1.73 bits per heavy atom. The molecule has 1 atom stereocenters. The fourth-order valence-electron chi connectivity index (χ4n) is 3.75. The van der Waals surface area contributed by atoms with Crippen LogP contribution in [0.5, 0.6) is 0 Å². The number of para-hydroxylation sites is 1. The van der Waals surface area contributed by atoms with Crippen LogP contribution in [0.3, 0.4) is 0 Å². The Bertz CT molecular complexity index is 849. The molecule has 2 aromatic carbocycles. The summed E-state index contributed by atoms with van der Waals surface area (Å²) in [6.07, 6.45) is 1.83. The number of hydrogen-bond donors (Lipinski definition) is 0. The number of piperazine rings is 1. The lowest BCUT2D eigenvalue weighted by molar-refractivity contribution is -0.121. The fraction of sp³-hybridized carbons (Fsp3) is 0.238. The van der Waals surface area contributed by atoms with Crippen LogP contribution >= 0.6 is 0 Å². The van der Waals surface area contributed by atoms with E-state index in [1.165, 1.54) is 4.90 Å². The molecule has 2 saturated heterocycles. The number of nitrogens with zero attached hydrogens (tertiary/aromatic N) is 3. The van der Waals surface area contributed by atoms with Crippen molar-refractivity contribution in [2.24, 2.45) is 0 Å². The Hall–Kier alpha value is -2.92. The normalized spacial score (nSPS) is 20.4. The Morgan fingerprint density at radius 3 is 2.50 bits per heavy atom. The first-order chi connectivity index (χ1) is 12.7. The molecule has 132 valence electrons. The Morgan fingerprint density at radius 1 is 1.00 bits per heavy atom. The van der Waals surface area contributed by atoms with E-state index < -0.39 is 6.04 Å². The predicted molar refractivity (Wildman–Crippen MR) is 102 cm³/mol. The molecule has 0 spiro atoms. The highest BCUT2D eigenvalue weighted by Crippen LogP contribution is 2.35. The molecule has 3 amide bonds. The van der Waals surface area contributed by atoms with Crippen molar-refractivity contribution in [3.63, 3.8) is 0 Å². The topological polar surface area (TPSA) is 43.9 Å². The van der Waals surface area contributed by atoms with Crippen LogP contribution in [0.2, 0.25) is 0 Å². The first-order valence-electron chi connectivity index (χ1n) is 8.83. The number of anilines is 1. The van der Waals surface area contributed by atoms with Crippen molar-refractivity contribution in [1.29, 1.82) is 0 Å². The molecule has 2 aromatic rings. The van der Waals surface area contributed by atoms with Gasteiger partial charge in [0.15, 0.2) is 0 Å². The zero-order chi connectivity index (χ0) is 18.1. The number of fused-ring (bicyclic) bond motifs is 1. The molecule has 0 radical (unpaired) electrons. The Kier molecular flexibility index (Phi) is 4.31. The predicted octanol–water partition coefficient (Wildman–Crippen LogP) is 2.99. The lowest BCUT2D eigenvalue weighted by atomic mass is 10.0. The van der Waals surface area contributed by atoms with E-state index in [-0.39, 0.29) is 11.9 Å². The number of urea groups is 1. The maximum Gasteiger partial charge on any atom is 0.332 e.